The Morgan fingerprint density at radius 3 is 2.59 bits per heavy atom. The predicted octanol–water partition coefficient (Wildman–Crippen LogP) is 2.48. The van der Waals surface area contributed by atoms with Crippen molar-refractivity contribution < 1.29 is 19.4 Å². The molecule has 6 rings (SSSR count). The summed E-state index contributed by atoms with van der Waals surface area (Å²) in [6, 6.07) is 10.00. The van der Waals surface area contributed by atoms with Crippen molar-refractivity contribution in [1.29, 1.82) is 0 Å². The number of nitrogens with zero attached hydrogens (tertiary/aromatic N) is 5. The van der Waals surface area contributed by atoms with Crippen molar-refractivity contribution in [2.45, 2.75) is 13.3 Å². The van der Waals surface area contributed by atoms with Crippen LogP contribution in [0.15, 0.2) is 47.5 Å². The van der Waals surface area contributed by atoms with Crippen molar-refractivity contribution in [2.24, 2.45) is 0 Å². The van der Waals surface area contributed by atoms with Gasteiger partial charge in [-0.25, -0.2) is 14.8 Å². The predicted molar refractivity (Wildman–Crippen MR) is 136 cm³/mol. The van der Waals surface area contributed by atoms with Gasteiger partial charge in [0.25, 0.3) is 0 Å². The maximum absolute atomic E-state index is 13.4. The maximum atomic E-state index is 13.4. The van der Waals surface area contributed by atoms with Crippen LogP contribution in [-0.4, -0.2) is 70.0 Å². The van der Waals surface area contributed by atoms with E-state index in [2.05, 4.69) is 19.9 Å². The lowest BCUT2D eigenvalue weighted by Crippen LogP contribution is -2.37. The van der Waals surface area contributed by atoms with Crippen LogP contribution >= 0.6 is 0 Å². The number of nitrogens with one attached hydrogen (secondary N) is 1. The van der Waals surface area contributed by atoms with E-state index in [0.29, 0.717) is 45.0 Å². The van der Waals surface area contributed by atoms with Crippen molar-refractivity contribution in [3.8, 4) is 17.3 Å². The number of cyclic esters (lactones) is 1. The average Bonchev–Trinajstić information content (AvgIpc) is 3.56. The zero-order valence-electron chi connectivity index (χ0n) is 20.3. The number of aromatic nitrogens is 4. The molecule has 11 nitrogen and oxygen atoms in total. The number of morpholine rings is 1. The van der Waals surface area contributed by atoms with Gasteiger partial charge in [0.2, 0.25) is 5.75 Å². The van der Waals surface area contributed by atoms with Gasteiger partial charge in [0.1, 0.15) is 6.61 Å². The number of ether oxygens (including phenoxy) is 2. The van der Waals surface area contributed by atoms with Gasteiger partial charge in [-0.1, -0.05) is 29.8 Å². The summed E-state index contributed by atoms with van der Waals surface area (Å²) in [5, 5.41) is 10.9. The van der Waals surface area contributed by atoms with Crippen LogP contribution < -0.4 is 15.4 Å². The molecular formula is C26H26N6O5. The summed E-state index contributed by atoms with van der Waals surface area (Å²) in [7, 11) is 0. The molecule has 0 spiro atoms. The van der Waals surface area contributed by atoms with Crippen LogP contribution in [0, 0.1) is 6.92 Å². The van der Waals surface area contributed by atoms with Gasteiger partial charge in [-0.05, 0) is 18.6 Å². The fourth-order valence-corrected chi connectivity index (χ4v) is 4.66. The zero-order valence-corrected chi connectivity index (χ0v) is 20.3. The number of aromatic amines is 1. The first-order valence-electron chi connectivity index (χ1n) is 12.1. The van der Waals surface area contributed by atoms with Crippen molar-refractivity contribution in [1.82, 2.24) is 19.4 Å². The SMILES string of the molecule is Cc1ccc(Cc2cnc(-c3nc4c(N5CCOC5=O)cc(N5CCOCC5)cn4c(=O)c3O)[nH]2)cc1. The van der Waals surface area contributed by atoms with Crippen molar-refractivity contribution in [3.63, 3.8) is 0 Å². The lowest BCUT2D eigenvalue weighted by atomic mass is 10.1. The lowest BCUT2D eigenvalue weighted by molar-refractivity contribution is 0.122. The van der Waals surface area contributed by atoms with E-state index in [-0.39, 0.29) is 23.8 Å². The van der Waals surface area contributed by atoms with Crippen LogP contribution in [0.5, 0.6) is 5.75 Å². The molecular weight excluding hydrogens is 476 g/mol. The Labute approximate surface area is 211 Å². The summed E-state index contributed by atoms with van der Waals surface area (Å²) < 4.78 is 11.9. The summed E-state index contributed by atoms with van der Waals surface area (Å²) in [5.41, 5.74) is 3.83. The van der Waals surface area contributed by atoms with E-state index in [9.17, 15) is 14.7 Å². The molecule has 2 fully saturated rings. The van der Waals surface area contributed by atoms with E-state index in [1.807, 2.05) is 37.3 Å². The number of hydrogen-bond acceptors (Lipinski definition) is 8. The Kier molecular flexibility index (Phi) is 5.76. The quantitative estimate of drug-likeness (QED) is 0.426. The van der Waals surface area contributed by atoms with Crippen molar-refractivity contribution in [3.05, 3.63) is 69.9 Å². The second-order valence-corrected chi connectivity index (χ2v) is 9.18. The molecule has 5 heterocycles. The fourth-order valence-electron chi connectivity index (χ4n) is 4.66. The highest BCUT2D eigenvalue weighted by molar-refractivity contribution is 5.95. The number of fused-ring (bicyclic) bond motifs is 1. The minimum absolute atomic E-state index is 0.0214. The molecule has 2 aliphatic rings. The van der Waals surface area contributed by atoms with Gasteiger partial charge >= 0.3 is 11.7 Å². The molecule has 0 unspecified atom stereocenters. The highest BCUT2D eigenvalue weighted by Crippen LogP contribution is 2.32. The smallest absolute Gasteiger partial charge is 0.414 e. The Morgan fingerprint density at radius 1 is 1.08 bits per heavy atom. The maximum Gasteiger partial charge on any atom is 0.414 e. The first-order chi connectivity index (χ1) is 18.0. The molecule has 11 heteroatoms. The molecule has 2 aliphatic heterocycles. The Hall–Kier alpha value is -4.38. The third kappa shape index (κ3) is 4.27. The molecule has 2 N–H and O–H groups in total. The zero-order chi connectivity index (χ0) is 25.5. The number of carbonyl (C=O) groups is 1. The number of benzene rings is 1. The molecule has 37 heavy (non-hydrogen) atoms. The van der Waals surface area contributed by atoms with Gasteiger partial charge in [-0.2, -0.15) is 0 Å². The standard InChI is InChI=1S/C26H26N6O5/c1-16-2-4-17(5-3-16)12-18-14-27-23(28-18)21-22(33)25(34)32-15-19(30-6-9-36-10-7-30)13-20(24(32)29-21)31-8-11-37-26(31)35/h2-5,13-15,33H,6-12H2,1H3,(H,27,28). The number of aromatic hydroxyl groups is 1. The van der Waals surface area contributed by atoms with E-state index in [0.717, 1.165) is 16.9 Å². The number of imidazole rings is 1. The topological polar surface area (TPSA) is 125 Å². The molecule has 1 aromatic carbocycles. The van der Waals surface area contributed by atoms with E-state index >= 15 is 0 Å². The number of rotatable bonds is 5. The fraction of sp³-hybridized carbons (Fsp3) is 0.308. The number of pyridine rings is 1. The third-order valence-electron chi connectivity index (χ3n) is 6.66. The minimum Gasteiger partial charge on any atom is -0.501 e. The first-order valence-corrected chi connectivity index (χ1v) is 12.1. The van der Waals surface area contributed by atoms with E-state index in [1.165, 1.54) is 14.9 Å². The summed E-state index contributed by atoms with van der Waals surface area (Å²) in [5.74, 6) is -0.255. The van der Waals surface area contributed by atoms with E-state index in [1.54, 1.807) is 12.4 Å². The molecule has 0 saturated carbocycles. The van der Waals surface area contributed by atoms with Crippen LogP contribution in [0.4, 0.5) is 16.2 Å². The second-order valence-electron chi connectivity index (χ2n) is 9.18. The van der Waals surface area contributed by atoms with Crippen molar-refractivity contribution >= 4 is 23.1 Å². The monoisotopic (exact) mass is 502 g/mol. The number of amides is 1. The van der Waals surface area contributed by atoms with Crippen LogP contribution in [0.2, 0.25) is 0 Å². The molecule has 0 aliphatic carbocycles. The normalized spacial score (nSPS) is 16.0. The molecule has 2 saturated heterocycles. The van der Waals surface area contributed by atoms with E-state index in [4.69, 9.17) is 9.47 Å². The number of hydrogen-bond donors (Lipinski definition) is 2. The second kappa shape index (κ2) is 9.25. The van der Waals surface area contributed by atoms with Crippen LogP contribution in [0.3, 0.4) is 0 Å². The molecule has 4 aromatic rings. The summed E-state index contributed by atoms with van der Waals surface area (Å²) in [4.78, 5) is 41.6. The largest absolute Gasteiger partial charge is 0.501 e. The van der Waals surface area contributed by atoms with Gasteiger partial charge in [0.15, 0.2) is 17.2 Å². The molecule has 190 valence electrons. The molecule has 0 radical (unpaired) electrons. The van der Waals surface area contributed by atoms with Crippen LogP contribution in [0.1, 0.15) is 16.8 Å². The first kappa shape index (κ1) is 23.0. The lowest BCUT2D eigenvalue weighted by Gasteiger charge is -2.30. The number of carbonyl (C=O) groups excluding carboxylic acids is 1. The number of aryl methyl sites for hydroxylation is 1. The number of H-pyrrole nitrogens is 1. The third-order valence-corrected chi connectivity index (χ3v) is 6.66. The number of anilines is 2. The molecule has 0 atom stereocenters. The summed E-state index contributed by atoms with van der Waals surface area (Å²) >= 11 is 0. The van der Waals surface area contributed by atoms with Crippen molar-refractivity contribution in [2.75, 3.05) is 49.3 Å². The molecule has 3 aromatic heterocycles. The molecule has 0 bridgehead atoms. The van der Waals surface area contributed by atoms with Gasteiger partial charge in [0.05, 0.1) is 31.1 Å². The van der Waals surface area contributed by atoms with Gasteiger partial charge in [-0.3, -0.25) is 14.1 Å². The average molecular weight is 503 g/mol. The minimum atomic E-state index is -0.652. The van der Waals surface area contributed by atoms with Crippen LogP contribution in [-0.2, 0) is 15.9 Å². The van der Waals surface area contributed by atoms with Gasteiger partial charge < -0.3 is 24.5 Å². The highest BCUT2D eigenvalue weighted by Gasteiger charge is 2.29. The van der Waals surface area contributed by atoms with E-state index < -0.39 is 17.4 Å². The summed E-state index contributed by atoms with van der Waals surface area (Å²) in [6.07, 6.45) is 3.39. The van der Waals surface area contributed by atoms with Gasteiger partial charge in [0, 0.05) is 37.6 Å². The Morgan fingerprint density at radius 2 is 1.86 bits per heavy atom. The molecule has 1 amide bonds. The highest BCUT2D eigenvalue weighted by atomic mass is 16.6. The summed E-state index contributed by atoms with van der Waals surface area (Å²) in [6.45, 7) is 4.98. The van der Waals surface area contributed by atoms with Crippen LogP contribution in [0.25, 0.3) is 17.2 Å². The van der Waals surface area contributed by atoms with Gasteiger partial charge in [-0.15, -0.1) is 0 Å². The Balaban J connectivity index is 1.45. The Bertz CT molecular complexity index is 1540.